The molecular formula is C16H11ClN4OS2. The van der Waals surface area contributed by atoms with Crippen LogP contribution in [0.1, 0.15) is 11.3 Å². The minimum absolute atomic E-state index is 0.186. The fraction of sp³-hybridized carbons (Fsp3) is 0.0625. The molecule has 4 rings (SSSR count). The number of thiazole rings is 1. The van der Waals surface area contributed by atoms with E-state index in [-0.39, 0.29) is 5.91 Å². The van der Waals surface area contributed by atoms with Crippen LogP contribution in [0, 0.1) is 6.92 Å². The Hall–Kier alpha value is -2.09. The molecule has 120 valence electrons. The van der Waals surface area contributed by atoms with E-state index in [0.29, 0.717) is 20.9 Å². The number of aromatic nitrogens is 2. The number of thioether (sulfide) groups is 1. The molecule has 5 nitrogen and oxygen atoms in total. The number of aliphatic imine (C=N–C) groups is 1. The van der Waals surface area contributed by atoms with Crippen molar-refractivity contribution in [2.24, 2.45) is 4.99 Å². The lowest BCUT2D eigenvalue weighted by Gasteiger charge is -1.99. The minimum atomic E-state index is -0.186. The highest BCUT2D eigenvalue weighted by Gasteiger charge is 2.25. The van der Waals surface area contributed by atoms with Gasteiger partial charge in [-0.25, -0.2) is 9.98 Å². The van der Waals surface area contributed by atoms with Crippen LogP contribution in [0.2, 0.25) is 5.15 Å². The third kappa shape index (κ3) is 2.75. The lowest BCUT2D eigenvalue weighted by Crippen LogP contribution is -2.19. The molecule has 1 fully saturated rings. The number of rotatable bonds is 2. The number of carbonyl (C=O) groups excluding carboxylic acids is 1. The third-order valence-electron chi connectivity index (χ3n) is 3.51. The number of para-hydroxylation sites is 1. The predicted molar refractivity (Wildman–Crippen MR) is 100 cm³/mol. The van der Waals surface area contributed by atoms with E-state index >= 15 is 0 Å². The van der Waals surface area contributed by atoms with Gasteiger partial charge in [0.1, 0.15) is 0 Å². The first-order chi connectivity index (χ1) is 11.6. The summed E-state index contributed by atoms with van der Waals surface area (Å²) in [7, 11) is 0. The van der Waals surface area contributed by atoms with Crippen molar-refractivity contribution in [1.29, 1.82) is 0 Å². The fourth-order valence-electron chi connectivity index (χ4n) is 2.31. The van der Waals surface area contributed by atoms with Crippen LogP contribution in [0.4, 0.5) is 5.69 Å². The SMILES string of the molecule is Cc1ccccc1N=C1NC(=O)/C(=C\c2c(Cl)nc3sccn23)S1. The number of hydrogen-bond acceptors (Lipinski definition) is 5. The Morgan fingerprint density at radius 3 is 3.04 bits per heavy atom. The normalized spacial score (nSPS) is 18.0. The van der Waals surface area contributed by atoms with Gasteiger partial charge in [0.15, 0.2) is 15.3 Å². The summed E-state index contributed by atoms with van der Waals surface area (Å²) in [5, 5.41) is 5.65. The molecule has 3 heterocycles. The number of benzene rings is 1. The highest BCUT2D eigenvalue weighted by molar-refractivity contribution is 8.18. The van der Waals surface area contributed by atoms with E-state index in [9.17, 15) is 4.79 Å². The van der Waals surface area contributed by atoms with E-state index in [0.717, 1.165) is 16.2 Å². The molecule has 0 unspecified atom stereocenters. The summed E-state index contributed by atoms with van der Waals surface area (Å²) in [6.45, 7) is 1.98. The summed E-state index contributed by atoms with van der Waals surface area (Å²) >= 11 is 8.97. The summed E-state index contributed by atoms with van der Waals surface area (Å²) in [4.78, 5) is 22.3. The molecule has 0 aliphatic carbocycles. The molecule has 1 aliphatic heterocycles. The maximum atomic E-state index is 12.2. The topological polar surface area (TPSA) is 58.8 Å². The Labute approximate surface area is 151 Å². The van der Waals surface area contributed by atoms with E-state index in [1.165, 1.54) is 23.1 Å². The number of carbonyl (C=O) groups is 1. The van der Waals surface area contributed by atoms with Crippen LogP contribution in [0.15, 0.2) is 45.7 Å². The molecule has 2 aromatic heterocycles. The maximum absolute atomic E-state index is 12.2. The van der Waals surface area contributed by atoms with Gasteiger partial charge < -0.3 is 5.32 Å². The van der Waals surface area contributed by atoms with Crippen molar-refractivity contribution < 1.29 is 4.79 Å². The Bertz CT molecular complexity index is 1020. The Morgan fingerprint density at radius 2 is 2.21 bits per heavy atom. The monoisotopic (exact) mass is 374 g/mol. The summed E-state index contributed by atoms with van der Waals surface area (Å²) in [5.74, 6) is -0.186. The molecule has 0 spiro atoms. The van der Waals surface area contributed by atoms with Crippen LogP contribution in [0.25, 0.3) is 11.0 Å². The summed E-state index contributed by atoms with van der Waals surface area (Å²) in [6.07, 6.45) is 3.63. The molecule has 1 saturated heterocycles. The second kappa shape index (κ2) is 6.08. The first-order valence-corrected chi connectivity index (χ1v) is 9.15. The highest BCUT2D eigenvalue weighted by atomic mass is 35.5. The zero-order chi connectivity index (χ0) is 16.7. The van der Waals surface area contributed by atoms with Crippen LogP contribution >= 0.6 is 34.7 Å². The van der Waals surface area contributed by atoms with Crippen LogP contribution in [0.3, 0.4) is 0 Å². The first kappa shape index (κ1) is 15.4. The molecule has 1 N–H and O–H groups in total. The van der Waals surface area contributed by atoms with Crippen molar-refractivity contribution in [3.8, 4) is 0 Å². The van der Waals surface area contributed by atoms with Gasteiger partial charge in [-0.05, 0) is 36.4 Å². The van der Waals surface area contributed by atoms with Crippen LogP contribution in [-0.4, -0.2) is 20.5 Å². The predicted octanol–water partition coefficient (Wildman–Crippen LogP) is 4.25. The fourth-order valence-corrected chi connectivity index (χ4v) is 4.12. The molecule has 0 saturated carbocycles. The number of aryl methyl sites for hydroxylation is 1. The number of fused-ring (bicyclic) bond motifs is 1. The van der Waals surface area contributed by atoms with Gasteiger partial charge in [0.05, 0.1) is 16.3 Å². The van der Waals surface area contributed by atoms with E-state index in [1.807, 2.05) is 47.2 Å². The van der Waals surface area contributed by atoms with Gasteiger partial charge in [-0.15, -0.1) is 11.3 Å². The van der Waals surface area contributed by atoms with Crippen LogP contribution in [0.5, 0.6) is 0 Å². The van der Waals surface area contributed by atoms with Gasteiger partial charge in [-0.3, -0.25) is 9.20 Å². The van der Waals surface area contributed by atoms with Gasteiger partial charge in [0.2, 0.25) is 0 Å². The average molecular weight is 375 g/mol. The van der Waals surface area contributed by atoms with E-state index in [1.54, 1.807) is 6.08 Å². The molecule has 1 aliphatic rings. The standard InChI is InChI=1S/C16H11ClN4OS2/c1-9-4-2-3-5-10(9)18-15-20-14(22)12(24-15)8-11-13(17)19-16-21(11)6-7-23-16/h2-8H,1H3,(H,18,20,22)/b12-8+. The number of halogens is 1. The summed E-state index contributed by atoms with van der Waals surface area (Å²) < 4.78 is 1.87. The summed E-state index contributed by atoms with van der Waals surface area (Å²) in [6, 6.07) is 7.78. The van der Waals surface area contributed by atoms with Gasteiger partial charge in [-0.1, -0.05) is 29.8 Å². The Balaban J connectivity index is 1.68. The molecule has 1 amide bonds. The number of nitrogens with zero attached hydrogens (tertiary/aromatic N) is 3. The molecule has 0 bridgehead atoms. The van der Waals surface area contributed by atoms with E-state index in [2.05, 4.69) is 15.3 Å². The zero-order valence-electron chi connectivity index (χ0n) is 12.5. The van der Waals surface area contributed by atoms with Crippen molar-refractivity contribution in [3.63, 3.8) is 0 Å². The number of amides is 1. The van der Waals surface area contributed by atoms with Gasteiger partial charge >= 0.3 is 0 Å². The Kier molecular flexibility index (Phi) is 3.91. The van der Waals surface area contributed by atoms with Crippen molar-refractivity contribution in [1.82, 2.24) is 14.7 Å². The van der Waals surface area contributed by atoms with Crippen molar-refractivity contribution in [2.45, 2.75) is 6.92 Å². The van der Waals surface area contributed by atoms with Gasteiger partial charge in [0, 0.05) is 11.6 Å². The number of amidine groups is 1. The van der Waals surface area contributed by atoms with Crippen molar-refractivity contribution in [2.75, 3.05) is 0 Å². The van der Waals surface area contributed by atoms with Gasteiger partial charge in [0.25, 0.3) is 5.91 Å². The lowest BCUT2D eigenvalue weighted by molar-refractivity contribution is -0.115. The highest BCUT2D eigenvalue weighted by Crippen LogP contribution is 2.31. The van der Waals surface area contributed by atoms with Crippen LogP contribution < -0.4 is 5.32 Å². The smallest absolute Gasteiger partial charge is 0.264 e. The largest absolute Gasteiger partial charge is 0.300 e. The average Bonchev–Trinajstić information content (AvgIpc) is 3.20. The second-order valence-corrected chi connectivity index (χ2v) is 7.37. The lowest BCUT2D eigenvalue weighted by atomic mass is 10.2. The maximum Gasteiger partial charge on any atom is 0.264 e. The van der Waals surface area contributed by atoms with E-state index in [4.69, 9.17) is 11.6 Å². The molecule has 8 heteroatoms. The number of imidazole rings is 1. The molecule has 3 aromatic rings. The quantitative estimate of drug-likeness (QED) is 0.682. The number of nitrogens with one attached hydrogen (secondary N) is 1. The summed E-state index contributed by atoms with van der Waals surface area (Å²) in [5.41, 5.74) is 2.59. The molecule has 1 aromatic carbocycles. The van der Waals surface area contributed by atoms with Crippen molar-refractivity contribution >= 4 is 62.5 Å². The third-order valence-corrected chi connectivity index (χ3v) is 5.45. The molecular weight excluding hydrogens is 364 g/mol. The molecule has 0 radical (unpaired) electrons. The minimum Gasteiger partial charge on any atom is -0.300 e. The van der Waals surface area contributed by atoms with E-state index < -0.39 is 0 Å². The Morgan fingerprint density at radius 1 is 1.38 bits per heavy atom. The second-order valence-electron chi connectivity index (χ2n) is 5.11. The van der Waals surface area contributed by atoms with Gasteiger partial charge in [-0.2, -0.15) is 0 Å². The number of hydrogen-bond donors (Lipinski definition) is 1. The first-order valence-electron chi connectivity index (χ1n) is 7.08. The van der Waals surface area contributed by atoms with Crippen LogP contribution in [-0.2, 0) is 4.79 Å². The molecule has 24 heavy (non-hydrogen) atoms. The zero-order valence-corrected chi connectivity index (χ0v) is 14.9. The van der Waals surface area contributed by atoms with Crippen molar-refractivity contribution in [3.05, 3.63) is 57.2 Å². The molecule has 0 atom stereocenters.